The topological polar surface area (TPSA) is 48.1 Å². The Labute approximate surface area is 109 Å². The highest BCUT2D eigenvalue weighted by Crippen LogP contribution is 2.28. The summed E-state index contributed by atoms with van der Waals surface area (Å²) in [6.07, 6.45) is 1.67. The smallest absolute Gasteiger partial charge is 0.217 e. The van der Waals surface area contributed by atoms with Crippen molar-refractivity contribution >= 4 is 17.4 Å². The summed E-state index contributed by atoms with van der Waals surface area (Å²) in [6, 6.07) is 8.29. The SMILES string of the molecule is COc1ncccc1CSc1cc(N)cc(F)c1. The van der Waals surface area contributed by atoms with Crippen molar-refractivity contribution in [2.45, 2.75) is 10.6 Å². The third kappa shape index (κ3) is 3.13. The van der Waals surface area contributed by atoms with E-state index in [-0.39, 0.29) is 5.82 Å². The first kappa shape index (κ1) is 12.7. The lowest BCUT2D eigenvalue weighted by atomic mass is 10.3. The molecule has 2 aromatic rings. The molecule has 1 heterocycles. The standard InChI is InChI=1S/C13H13FN2OS/c1-17-13-9(3-2-4-16-13)8-18-12-6-10(14)5-11(15)7-12/h2-7H,8,15H2,1H3. The Bertz CT molecular complexity index is 528. The molecule has 18 heavy (non-hydrogen) atoms. The number of nitrogen functional groups attached to an aromatic ring is 1. The largest absolute Gasteiger partial charge is 0.481 e. The minimum atomic E-state index is -0.323. The van der Waals surface area contributed by atoms with Gasteiger partial charge >= 0.3 is 0 Å². The summed E-state index contributed by atoms with van der Waals surface area (Å²) in [5.74, 6) is 0.921. The summed E-state index contributed by atoms with van der Waals surface area (Å²) >= 11 is 1.49. The summed E-state index contributed by atoms with van der Waals surface area (Å²) in [6.45, 7) is 0. The van der Waals surface area contributed by atoms with Crippen LogP contribution in [0.3, 0.4) is 0 Å². The molecule has 0 aliphatic rings. The molecule has 1 aromatic heterocycles. The van der Waals surface area contributed by atoms with Gasteiger partial charge in [0.25, 0.3) is 0 Å². The quantitative estimate of drug-likeness (QED) is 0.681. The Kier molecular flexibility index (Phi) is 4.04. The van der Waals surface area contributed by atoms with Gasteiger partial charge in [-0.3, -0.25) is 0 Å². The zero-order chi connectivity index (χ0) is 13.0. The van der Waals surface area contributed by atoms with Crippen molar-refractivity contribution in [1.82, 2.24) is 4.98 Å². The van der Waals surface area contributed by atoms with Crippen LogP contribution >= 0.6 is 11.8 Å². The number of anilines is 1. The van der Waals surface area contributed by atoms with Crippen LogP contribution in [0.1, 0.15) is 5.56 Å². The van der Waals surface area contributed by atoms with Gasteiger partial charge in [0.05, 0.1) is 7.11 Å². The zero-order valence-corrected chi connectivity index (χ0v) is 10.7. The molecular formula is C13H13FN2OS. The maximum Gasteiger partial charge on any atom is 0.217 e. The number of benzene rings is 1. The van der Waals surface area contributed by atoms with Gasteiger partial charge in [0.2, 0.25) is 5.88 Å². The van der Waals surface area contributed by atoms with Crippen LogP contribution in [-0.2, 0) is 5.75 Å². The highest BCUT2D eigenvalue weighted by molar-refractivity contribution is 7.98. The Balaban J connectivity index is 2.11. The summed E-state index contributed by atoms with van der Waals surface area (Å²) in [5.41, 5.74) is 6.99. The van der Waals surface area contributed by atoms with E-state index in [9.17, 15) is 4.39 Å². The number of pyridine rings is 1. The van der Waals surface area contributed by atoms with E-state index in [2.05, 4.69) is 4.98 Å². The number of aromatic nitrogens is 1. The molecule has 2 N–H and O–H groups in total. The Hall–Kier alpha value is -1.75. The monoisotopic (exact) mass is 264 g/mol. The van der Waals surface area contributed by atoms with E-state index < -0.39 is 0 Å². The van der Waals surface area contributed by atoms with Gasteiger partial charge in [-0.15, -0.1) is 11.8 Å². The van der Waals surface area contributed by atoms with Crippen LogP contribution in [0.5, 0.6) is 5.88 Å². The fourth-order valence-corrected chi connectivity index (χ4v) is 2.50. The number of halogens is 1. The van der Waals surface area contributed by atoms with Crippen molar-refractivity contribution in [2.24, 2.45) is 0 Å². The van der Waals surface area contributed by atoms with Crippen LogP contribution in [0, 0.1) is 5.82 Å². The number of ether oxygens (including phenoxy) is 1. The first-order chi connectivity index (χ1) is 8.69. The number of hydrogen-bond acceptors (Lipinski definition) is 4. The van der Waals surface area contributed by atoms with Gasteiger partial charge < -0.3 is 10.5 Å². The van der Waals surface area contributed by atoms with Crippen molar-refractivity contribution in [3.63, 3.8) is 0 Å². The molecule has 0 bridgehead atoms. The Morgan fingerprint density at radius 2 is 2.22 bits per heavy atom. The minimum absolute atomic E-state index is 0.323. The van der Waals surface area contributed by atoms with Crippen molar-refractivity contribution < 1.29 is 9.13 Å². The summed E-state index contributed by atoms with van der Waals surface area (Å²) in [7, 11) is 1.58. The van der Waals surface area contributed by atoms with Crippen molar-refractivity contribution in [3.8, 4) is 5.88 Å². The van der Waals surface area contributed by atoms with Crippen molar-refractivity contribution in [1.29, 1.82) is 0 Å². The van der Waals surface area contributed by atoms with E-state index in [0.29, 0.717) is 17.3 Å². The van der Waals surface area contributed by atoms with Gasteiger partial charge in [0.1, 0.15) is 5.82 Å². The van der Waals surface area contributed by atoms with E-state index in [0.717, 1.165) is 10.5 Å². The highest BCUT2D eigenvalue weighted by Gasteiger charge is 2.05. The maximum atomic E-state index is 13.2. The lowest BCUT2D eigenvalue weighted by molar-refractivity contribution is 0.394. The number of hydrogen-bond donors (Lipinski definition) is 1. The Morgan fingerprint density at radius 1 is 1.39 bits per heavy atom. The third-order valence-electron chi connectivity index (χ3n) is 2.33. The molecule has 0 aliphatic heterocycles. The molecule has 0 radical (unpaired) electrons. The molecule has 0 unspecified atom stereocenters. The molecule has 2 rings (SSSR count). The van der Waals surface area contributed by atoms with E-state index in [1.54, 1.807) is 19.4 Å². The summed E-state index contributed by atoms with van der Waals surface area (Å²) in [5, 5.41) is 0. The van der Waals surface area contributed by atoms with Gasteiger partial charge in [-0.25, -0.2) is 9.37 Å². The maximum absolute atomic E-state index is 13.2. The fourth-order valence-electron chi connectivity index (χ4n) is 1.55. The normalized spacial score (nSPS) is 10.3. The number of nitrogens with zero attached hydrogens (tertiary/aromatic N) is 1. The van der Waals surface area contributed by atoms with Crippen LogP contribution in [0.4, 0.5) is 10.1 Å². The van der Waals surface area contributed by atoms with Crippen LogP contribution in [-0.4, -0.2) is 12.1 Å². The van der Waals surface area contributed by atoms with E-state index in [4.69, 9.17) is 10.5 Å². The van der Waals surface area contributed by atoms with Crippen LogP contribution in [0.25, 0.3) is 0 Å². The van der Waals surface area contributed by atoms with Gasteiger partial charge in [0.15, 0.2) is 0 Å². The number of rotatable bonds is 4. The van der Waals surface area contributed by atoms with Gasteiger partial charge in [-0.05, 0) is 24.3 Å². The van der Waals surface area contributed by atoms with Crippen molar-refractivity contribution in [3.05, 3.63) is 47.9 Å². The predicted molar refractivity (Wildman–Crippen MR) is 71.2 cm³/mol. The zero-order valence-electron chi connectivity index (χ0n) is 9.89. The number of methoxy groups -OCH3 is 1. The van der Waals surface area contributed by atoms with Crippen molar-refractivity contribution in [2.75, 3.05) is 12.8 Å². The second kappa shape index (κ2) is 5.73. The lowest BCUT2D eigenvalue weighted by Gasteiger charge is -2.07. The molecule has 0 atom stereocenters. The third-order valence-corrected chi connectivity index (χ3v) is 3.36. The van der Waals surface area contributed by atoms with Gasteiger partial charge in [0, 0.05) is 28.1 Å². The predicted octanol–water partition coefficient (Wildman–Crippen LogP) is 3.10. The fraction of sp³-hybridized carbons (Fsp3) is 0.154. The second-order valence-corrected chi connectivity index (χ2v) is 4.73. The number of nitrogens with two attached hydrogens (primary N) is 1. The molecule has 0 aliphatic carbocycles. The average Bonchev–Trinajstić information content (AvgIpc) is 2.35. The molecule has 1 aromatic carbocycles. The number of thioether (sulfide) groups is 1. The van der Waals surface area contributed by atoms with Crippen LogP contribution in [0.2, 0.25) is 0 Å². The molecule has 94 valence electrons. The van der Waals surface area contributed by atoms with E-state index >= 15 is 0 Å². The molecule has 0 spiro atoms. The first-order valence-corrected chi connectivity index (χ1v) is 6.34. The lowest BCUT2D eigenvalue weighted by Crippen LogP contribution is -1.93. The molecule has 0 amide bonds. The highest BCUT2D eigenvalue weighted by atomic mass is 32.2. The molecule has 0 fully saturated rings. The van der Waals surface area contributed by atoms with Crippen LogP contribution in [0.15, 0.2) is 41.4 Å². The molecule has 0 saturated heterocycles. The van der Waals surface area contributed by atoms with Gasteiger partial charge in [-0.1, -0.05) is 6.07 Å². The van der Waals surface area contributed by atoms with E-state index in [1.165, 1.54) is 23.9 Å². The summed E-state index contributed by atoms with van der Waals surface area (Å²) in [4.78, 5) is 4.90. The average molecular weight is 264 g/mol. The van der Waals surface area contributed by atoms with E-state index in [1.807, 2.05) is 12.1 Å². The van der Waals surface area contributed by atoms with Crippen LogP contribution < -0.4 is 10.5 Å². The molecule has 0 saturated carbocycles. The minimum Gasteiger partial charge on any atom is -0.481 e. The first-order valence-electron chi connectivity index (χ1n) is 5.36. The van der Waals surface area contributed by atoms with Gasteiger partial charge in [-0.2, -0.15) is 0 Å². The Morgan fingerprint density at radius 3 is 2.94 bits per heavy atom. The summed E-state index contributed by atoms with van der Waals surface area (Å²) < 4.78 is 18.3. The molecular weight excluding hydrogens is 251 g/mol. The molecule has 5 heteroatoms. The molecule has 3 nitrogen and oxygen atoms in total. The second-order valence-electron chi connectivity index (χ2n) is 3.68.